The molecule has 0 radical (unpaired) electrons. The molecule has 4 rings (SSSR count). The topological polar surface area (TPSA) is 54.6 Å². The second-order valence-electron chi connectivity index (χ2n) is 4.69. The van der Waals surface area contributed by atoms with E-state index in [1.807, 2.05) is 30.3 Å². The molecule has 0 atom stereocenters. The van der Waals surface area contributed by atoms with E-state index in [1.54, 1.807) is 28.7 Å². The Kier molecular flexibility index (Phi) is 2.55. The van der Waals surface area contributed by atoms with Crippen molar-refractivity contribution in [2.45, 2.75) is 0 Å². The maximum atomic E-state index is 12.5. The van der Waals surface area contributed by atoms with Crippen molar-refractivity contribution in [3.63, 3.8) is 0 Å². The normalized spacial score (nSPS) is 12.5. The molecule has 1 N–H and O–H groups in total. The molecule has 0 spiro atoms. The van der Waals surface area contributed by atoms with Crippen LogP contribution in [0.15, 0.2) is 53.3 Å². The van der Waals surface area contributed by atoms with Crippen LogP contribution >= 0.6 is 11.3 Å². The standard InChI is InChI=1S/C16H10N2O2S/c19-13-8-4-1-5-10(13)9-14-15(20)18-12-7-3-2-6-11(12)17-16(18)21-14/h1-9,19H/b14-9-. The molecule has 102 valence electrons. The number of benzene rings is 2. The van der Waals surface area contributed by atoms with Crippen LogP contribution in [0.1, 0.15) is 5.56 Å². The number of imidazole rings is 1. The molecule has 0 saturated heterocycles. The summed E-state index contributed by atoms with van der Waals surface area (Å²) >= 11 is 1.33. The first kappa shape index (κ1) is 12.1. The molecule has 0 aliphatic carbocycles. The summed E-state index contributed by atoms with van der Waals surface area (Å²) in [6.07, 6.45) is 1.70. The third kappa shape index (κ3) is 1.82. The second-order valence-corrected chi connectivity index (χ2v) is 5.70. The number of phenols is 1. The number of nitrogens with zero attached hydrogens (tertiary/aromatic N) is 2. The van der Waals surface area contributed by atoms with Crippen molar-refractivity contribution < 1.29 is 5.11 Å². The molecule has 0 fully saturated rings. The van der Waals surface area contributed by atoms with Crippen LogP contribution in [0.2, 0.25) is 0 Å². The van der Waals surface area contributed by atoms with E-state index in [-0.39, 0.29) is 11.3 Å². The molecule has 2 aromatic heterocycles. The molecule has 21 heavy (non-hydrogen) atoms. The summed E-state index contributed by atoms with van der Waals surface area (Å²) in [7, 11) is 0. The summed E-state index contributed by atoms with van der Waals surface area (Å²) in [6, 6.07) is 14.5. The zero-order valence-electron chi connectivity index (χ0n) is 10.9. The smallest absolute Gasteiger partial charge is 0.274 e. The van der Waals surface area contributed by atoms with E-state index in [0.717, 1.165) is 11.0 Å². The summed E-state index contributed by atoms with van der Waals surface area (Å²) in [6.45, 7) is 0. The lowest BCUT2D eigenvalue weighted by atomic mass is 10.2. The van der Waals surface area contributed by atoms with Gasteiger partial charge in [-0.2, -0.15) is 0 Å². The van der Waals surface area contributed by atoms with Crippen LogP contribution < -0.4 is 10.1 Å². The zero-order valence-corrected chi connectivity index (χ0v) is 11.7. The third-order valence-corrected chi connectivity index (χ3v) is 4.34. The minimum atomic E-state index is -0.105. The lowest BCUT2D eigenvalue weighted by Gasteiger charge is -1.95. The Labute approximate surface area is 123 Å². The number of thiazole rings is 1. The van der Waals surface area contributed by atoms with Gasteiger partial charge in [-0.25, -0.2) is 9.38 Å². The number of rotatable bonds is 1. The molecule has 0 aliphatic rings. The van der Waals surface area contributed by atoms with Gasteiger partial charge in [0.25, 0.3) is 5.56 Å². The largest absolute Gasteiger partial charge is 0.507 e. The van der Waals surface area contributed by atoms with Gasteiger partial charge in [-0.05, 0) is 24.3 Å². The highest BCUT2D eigenvalue weighted by Crippen LogP contribution is 2.18. The number of hydrogen-bond acceptors (Lipinski definition) is 4. The Bertz CT molecular complexity index is 1080. The number of aromatic hydroxyl groups is 1. The van der Waals surface area contributed by atoms with Gasteiger partial charge >= 0.3 is 0 Å². The number of aromatic nitrogens is 2. The highest BCUT2D eigenvalue weighted by atomic mass is 32.1. The predicted octanol–water partition coefficient (Wildman–Crippen LogP) is 2.16. The molecule has 2 heterocycles. The minimum absolute atomic E-state index is 0.105. The van der Waals surface area contributed by atoms with Crippen molar-refractivity contribution in [1.82, 2.24) is 9.38 Å². The van der Waals surface area contributed by atoms with E-state index in [4.69, 9.17) is 0 Å². The summed E-state index contributed by atoms with van der Waals surface area (Å²) in [5.74, 6) is 0.160. The van der Waals surface area contributed by atoms with E-state index in [9.17, 15) is 9.90 Å². The highest BCUT2D eigenvalue weighted by molar-refractivity contribution is 7.15. The van der Waals surface area contributed by atoms with Crippen molar-refractivity contribution in [2.75, 3.05) is 0 Å². The van der Waals surface area contributed by atoms with E-state index in [0.29, 0.717) is 15.1 Å². The van der Waals surface area contributed by atoms with Crippen LogP contribution in [0.25, 0.3) is 22.1 Å². The molecule has 0 saturated carbocycles. The average molecular weight is 294 g/mol. The number of para-hydroxylation sites is 3. The monoisotopic (exact) mass is 294 g/mol. The van der Waals surface area contributed by atoms with E-state index in [2.05, 4.69) is 4.98 Å². The van der Waals surface area contributed by atoms with Crippen LogP contribution in [0.3, 0.4) is 0 Å². The van der Waals surface area contributed by atoms with Crippen molar-refractivity contribution in [3.05, 3.63) is 69.0 Å². The van der Waals surface area contributed by atoms with Crippen LogP contribution in [0.5, 0.6) is 5.75 Å². The highest BCUT2D eigenvalue weighted by Gasteiger charge is 2.10. The summed E-state index contributed by atoms with van der Waals surface area (Å²) < 4.78 is 2.18. The molecule has 4 aromatic rings. The van der Waals surface area contributed by atoms with Gasteiger partial charge in [0.05, 0.1) is 15.6 Å². The van der Waals surface area contributed by atoms with Gasteiger partial charge in [0.15, 0.2) is 4.96 Å². The summed E-state index contributed by atoms with van der Waals surface area (Å²) in [4.78, 5) is 17.7. The molecule has 0 aliphatic heterocycles. The fraction of sp³-hybridized carbons (Fsp3) is 0. The first-order chi connectivity index (χ1) is 10.2. The maximum Gasteiger partial charge on any atom is 0.274 e. The predicted molar refractivity (Wildman–Crippen MR) is 83.7 cm³/mol. The van der Waals surface area contributed by atoms with E-state index < -0.39 is 0 Å². The Hall–Kier alpha value is -2.66. The molecule has 4 nitrogen and oxygen atoms in total. The fourth-order valence-corrected chi connectivity index (χ4v) is 3.34. The zero-order chi connectivity index (χ0) is 14.4. The van der Waals surface area contributed by atoms with Crippen LogP contribution in [-0.4, -0.2) is 14.5 Å². The van der Waals surface area contributed by atoms with Gasteiger partial charge in [-0.1, -0.05) is 41.7 Å². The first-order valence-electron chi connectivity index (χ1n) is 6.44. The van der Waals surface area contributed by atoms with Crippen molar-refractivity contribution >= 4 is 33.4 Å². The van der Waals surface area contributed by atoms with Crippen molar-refractivity contribution in [1.29, 1.82) is 0 Å². The third-order valence-electron chi connectivity index (χ3n) is 3.37. The lowest BCUT2D eigenvalue weighted by Crippen LogP contribution is -2.22. The summed E-state index contributed by atoms with van der Waals surface area (Å²) in [5.41, 5.74) is 2.15. The van der Waals surface area contributed by atoms with Crippen molar-refractivity contribution in [3.8, 4) is 5.75 Å². The Morgan fingerprint density at radius 3 is 2.71 bits per heavy atom. The van der Waals surface area contributed by atoms with E-state index in [1.165, 1.54) is 11.3 Å². The second kappa shape index (κ2) is 4.43. The average Bonchev–Trinajstić information content (AvgIpc) is 2.99. The van der Waals surface area contributed by atoms with Gasteiger partial charge in [-0.15, -0.1) is 0 Å². The molecule has 0 amide bonds. The van der Waals surface area contributed by atoms with Gasteiger partial charge in [0, 0.05) is 5.56 Å². The number of fused-ring (bicyclic) bond motifs is 3. The minimum Gasteiger partial charge on any atom is -0.507 e. The summed E-state index contributed by atoms with van der Waals surface area (Å²) in [5, 5.41) is 9.81. The maximum absolute atomic E-state index is 12.5. The van der Waals surface area contributed by atoms with E-state index >= 15 is 0 Å². The first-order valence-corrected chi connectivity index (χ1v) is 7.25. The molecule has 0 bridgehead atoms. The SMILES string of the molecule is O=c1/c(=C/c2ccccc2O)sc2nc3ccccc3n12. The number of hydrogen-bond donors (Lipinski definition) is 1. The van der Waals surface area contributed by atoms with Crippen LogP contribution in [-0.2, 0) is 0 Å². The molecular weight excluding hydrogens is 284 g/mol. The van der Waals surface area contributed by atoms with Gasteiger partial charge < -0.3 is 5.11 Å². The van der Waals surface area contributed by atoms with Gasteiger partial charge in [0.2, 0.25) is 0 Å². The fourth-order valence-electron chi connectivity index (χ4n) is 2.36. The Morgan fingerprint density at radius 1 is 1.10 bits per heavy atom. The molecule has 5 heteroatoms. The van der Waals surface area contributed by atoms with Gasteiger partial charge in [-0.3, -0.25) is 4.79 Å². The molecular formula is C16H10N2O2S. The lowest BCUT2D eigenvalue weighted by molar-refractivity contribution is 0.474. The Morgan fingerprint density at radius 2 is 1.86 bits per heavy atom. The quantitative estimate of drug-likeness (QED) is 0.585. The van der Waals surface area contributed by atoms with Crippen LogP contribution in [0, 0.1) is 0 Å². The Balaban J connectivity index is 2.06. The molecule has 0 unspecified atom stereocenters. The number of phenolic OH excluding ortho intramolecular Hbond substituents is 1. The molecule has 2 aromatic carbocycles. The van der Waals surface area contributed by atoms with Gasteiger partial charge in [0.1, 0.15) is 5.75 Å². The van der Waals surface area contributed by atoms with Crippen LogP contribution in [0.4, 0.5) is 0 Å². The van der Waals surface area contributed by atoms with Crippen molar-refractivity contribution in [2.24, 2.45) is 0 Å².